The molecule has 1 rings (SSSR count). The zero-order valence-electron chi connectivity index (χ0n) is 10.5. The van der Waals surface area contributed by atoms with Crippen molar-refractivity contribution in [1.29, 1.82) is 0 Å². The summed E-state index contributed by atoms with van der Waals surface area (Å²) in [6.45, 7) is 1.00. The summed E-state index contributed by atoms with van der Waals surface area (Å²) >= 11 is 0. The first kappa shape index (κ1) is 14.2. The van der Waals surface area contributed by atoms with Gasteiger partial charge < -0.3 is 16.0 Å². The predicted octanol–water partition coefficient (Wildman–Crippen LogP) is 0.741. The van der Waals surface area contributed by atoms with E-state index < -0.39 is 0 Å². The average Bonchev–Trinajstić information content (AvgIpc) is 2.37. The number of anilines is 1. The predicted molar refractivity (Wildman–Crippen MR) is 71.2 cm³/mol. The first-order valence-corrected chi connectivity index (χ1v) is 5.98. The molecule has 1 aromatic rings. The zero-order chi connectivity index (χ0) is 13.2. The molecule has 0 fully saturated rings. The lowest BCUT2D eigenvalue weighted by molar-refractivity contribution is -0.121. The van der Waals surface area contributed by atoms with E-state index in [9.17, 15) is 9.59 Å². The summed E-state index contributed by atoms with van der Waals surface area (Å²) in [5.41, 5.74) is 0.768. The third-order valence-corrected chi connectivity index (χ3v) is 2.33. The van der Waals surface area contributed by atoms with Crippen molar-refractivity contribution in [2.24, 2.45) is 0 Å². The number of carbonyl (C=O) groups is 2. The van der Waals surface area contributed by atoms with Crippen LogP contribution in [0.4, 0.5) is 5.69 Å². The molecular formula is C13H19N3O2. The second-order valence-electron chi connectivity index (χ2n) is 3.87. The molecule has 0 bridgehead atoms. The van der Waals surface area contributed by atoms with Gasteiger partial charge in [-0.2, -0.15) is 0 Å². The Labute approximate surface area is 107 Å². The van der Waals surface area contributed by atoms with E-state index in [1.165, 1.54) is 0 Å². The van der Waals surface area contributed by atoms with Gasteiger partial charge in [0.25, 0.3) is 0 Å². The number of rotatable bonds is 7. The highest BCUT2D eigenvalue weighted by atomic mass is 16.2. The second-order valence-corrected chi connectivity index (χ2v) is 3.87. The van der Waals surface area contributed by atoms with Crippen molar-refractivity contribution in [3.63, 3.8) is 0 Å². The molecule has 0 saturated carbocycles. The number of nitrogens with one attached hydrogen (secondary N) is 3. The van der Waals surface area contributed by atoms with E-state index in [0.29, 0.717) is 19.5 Å². The topological polar surface area (TPSA) is 70.2 Å². The molecule has 2 amide bonds. The second kappa shape index (κ2) is 8.25. The molecule has 0 aliphatic heterocycles. The number of hydrogen-bond acceptors (Lipinski definition) is 3. The smallest absolute Gasteiger partial charge is 0.226 e. The van der Waals surface area contributed by atoms with E-state index in [1.54, 1.807) is 7.05 Å². The summed E-state index contributed by atoms with van der Waals surface area (Å²) in [5, 5.41) is 8.34. The van der Waals surface area contributed by atoms with Crippen molar-refractivity contribution in [2.75, 3.05) is 25.5 Å². The number of benzene rings is 1. The van der Waals surface area contributed by atoms with Gasteiger partial charge in [0.05, 0.1) is 0 Å². The van der Waals surface area contributed by atoms with Crippen LogP contribution in [-0.4, -0.2) is 32.0 Å². The van der Waals surface area contributed by atoms with Gasteiger partial charge in [-0.05, 0) is 19.2 Å². The van der Waals surface area contributed by atoms with Crippen molar-refractivity contribution in [2.45, 2.75) is 12.8 Å². The fourth-order valence-corrected chi connectivity index (χ4v) is 1.39. The Morgan fingerprint density at radius 1 is 1.00 bits per heavy atom. The Bertz CT molecular complexity index is 379. The molecule has 0 saturated heterocycles. The summed E-state index contributed by atoms with van der Waals surface area (Å²) in [7, 11) is 1.79. The Balaban J connectivity index is 2.16. The lowest BCUT2D eigenvalue weighted by Gasteiger charge is -2.06. The monoisotopic (exact) mass is 249 g/mol. The van der Waals surface area contributed by atoms with Crippen LogP contribution in [0.15, 0.2) is 30.3 Å². The van der Waals surface area contributed by atoms with Gasteiger partial charge in [-0.1, -0.05) is 18.2 Å². The largest absolute Gasteiger partial charge is 0.356 e. The molecule has 0 radical (unpaired) electrons. The third kappa shape index (κ3) is 6.00. The lowest BCUT2D eigenvalue weighted by Crippen LogP contribution is -2.29. The Morgan fingerprint density at radius 3 is 2.33 bits per heavy atom. The van der Waals surface area contributed by atoms with Crippen molar-refractivity contribution in [3.8, 4) is 0 Å². The van der Waals surface area contributed by atoms with Crippen LogP contribution >= 0.6 is 0 Å². The van der Waals surface area contributed by atoms with Crippen molar-refractivity contribution in [3.05, 3.63) is 30.3 Å². The number of carbonyl (C=O) groups excluding carboxylic acids is 2. The van der Waals surface area contributed by atoms with Gasteiger partial charge in [-0.15, -0.1) is 0 Å². The molecule has 0 aliphatic rings. The molecule has 0 aromatic heterocycles. The van der Waals surface area contributed by atoms with Gasteiger partial charge in [0.2, 0.25) is 11.8 Å². The van der Waals surface area contributed by atoms with Gasteiger partial charge >= 0.3 is 0 Å². The quantitative estimate of drug-likeness (QED) is 0.667. The molecule has 0 aliphatic carbocycles. The maximum Gasteiger partial charge on any atom is 0.226 e. The van der Waals surface area contributed by atoms with E-state index in [0.717, 1.165) is 5.69 Å². The van der Waals surface area contributed by atoms with Gasteiger partial charge in [-0.25, -0.2) is 0 Å². The number of hydrogen-bond donors (Lipinski definition) is 3. The van der Waals surface area contributed by atoms with Gasteiger partial charge in [0, 0.05) is 31.6 Å². The molecule has 5 nitrogen and oxygen atoms in total. The van der Waals surface area contributed by atoms with E-state index >= 15 is 0 Å². The summed E-state index contributed by atoms with van der Waals surface area (Å²) in [5.74, 6) is -0.146. The summed E-state index contributed by atoms with van der Waals surface area (Å²) in [6, 6.07) is 9.24. The molecule has 0 spiro atoms. The van der Waals surface area contributed by atoms with Crippen LogP contribution in [0.2, 0.25) is 0 Å². The number of amides is 2. The standard InChI is InChI=1S/C13H19N3O2/c1-14-9-7-12(17)15-10-8-13(18)16-11-5-3-2-4-6-11/h2-6,14H,7-10H2,1H3,(H,15,17)(H,16,18). The maximum absolute atomic E-state index is 11.5. The first-order chi connectivity index (χ1) is 8.72. The molecular weight excluding hydrogens is 230 g/mol. The maximum atomic E-state index is 11.5. The molecule has 18 heavy (non-hydrogen) atoms. The Kier molecular flexibility index (Phi) is 6.50. The normalized spacial score (nSPS) is 9.83. The molecule has 0 heterocycles. The van der Waals surface area contributed by atoms with Crippen LogP contribution in [-0.2, 0) is 9.59 Å². The molecule has 5 heteroatoms. The van der Waals surface area contributed by atoms with Gasteiger partial charge in [0.1, 0.15) is 0 Å². The Hall–Kier alpha value is -1.88. The van der Waals surface area contributed by atoms with E-state index in [2.05, 4.69) is 16.0 Å². The number of para-hydroxylation sites is 1. The van der Waals surface area contributed by atoms with Gasteiger partial charge in [0.15, 0.2) is 0 Å². The minimum absolute atomic E-state index is 0.0446. The minimum atomic E-state index is -0.102. The molecule has 3 N–H and O–H groups in total. The van der Waals surface area contributed by atoms with Crippen molar-refractivity contribution < 1.29 is 9.59 Å². The van der Waals surface area contributed by atoms with E-state index in [1.807, 2.05) is 30.3 Å². The average molecular weight is 249 g/mol. The van der Waals surface area contributed by atoms with Crippen LogP contribution in [0.1, 0.15) is 12.8 Å². The molecule has 1 aromatic carbocycles. The van der Waals surface area contributed by atoms with Crippen LogP contribution in [0.25, 0.3) is 0 Å². The third-order valence-electron chi connectivity index (χ3n) is 2.33. The van der Waals surface area contributed by atoms with Gasteiger partial charge in [-0.3, -0.25) is 9.59 Å². The summed E-state index contributed by atoms with van der Waals surface area (Å²) in [4.78, 5) is 22.8. The summed E-state index contributed by atoms with van der Waals surface area (Å²) < 4.78 is 0. The molecule has 98 valence electrons. The van der Waals surface area contributed by atoms with E-state index in [-0.39, 0.29) is 18.2 Å². The molecule has 0 atom stereocenters. The van der Waals surface area contributed by atoms with E-state index in [4.69, 9.17) is 0 Å². The minimum Gasteiger partial charge on any atom is -0.356 e. The lowest BCUT2D eigenvalue weighted by atomic mass is 10.3. The molecule has 0 unspecified atom stereocenters. The Morgan fingerprint density at radius 2 is 1.67 bits per heavy atom. The highest BCUT2D eigenvalue weighted by Crippen LogP contribution is 2.04. The van der Waals surface area contributed by atoms with Crippen LogP contribution in [0, 0.1) is 0 Å². The van der Waals surface area contributed by atoms with Crippen LogP contribution in [0.3, 0.4) is 0 Å². The fourth-order valence-electron chi connectivity index (χ4n) is 1.39. The van der Waals surface area contributed by atoms with Crippen LogP contribution < -0.4 is 16.0 Å². The fraction of sp³-hybridized carbons (Fsp3) is 0.385. The summed E-state index contributed by atoms with van der Waals surface area (Å²) in [6.07, 6.45) is 0.705. The van der Waals surface area contributed by atoms with Crippen LogP contribution in [0.5, 0.6) is 0 Å². The van der Waals surface area contributed by atoms with Crippen molar-refractivity contribution >= 4 is 17.5 Å². The SMILES string of the molecule is CNCCC(=O)NCCC(=O)Nc1ccccc1. The zero-order valence-corrected chi connectivity index (χ0v) is 10.5. The first-order valence-electron chi connectivity index (χ1n) is 5.98. The van der Waals surface area contributed by atoms with Crippen molar-refractivity contribution in [1.82, 2.24) is 10.6 Å². The highest BCUT2D eigenvalue weighted by Gasteiger charge is 2.03. The highest BCUT2D eigenvalue weighted by molar-refractivity contribution is 5.91.